The van der Waals surface area contributed by atoms with Crippen molar-refractivity contribution in [2.24, 2.45) is 0 Å². The van der Waals surface area contributed by atoms with Crippen molar-refractivity contribution in [2.45, 2.75) is 0 Å². The van der Waals surface area contributed by atoms with Crippen LogP contribution >= 0.6 is 34.9 Å². The zero-order chi connectivity index (χ0) is 6.69. The summed E-state index contributed by atoms with van der Waals surface area (Å²) in [6.07, 6.45) is 0. The van der Waals surface area contributed by atoms with E-state index in [1.165, 1.54) is 0 Å². The first kappa shape index (κ1) is 7.05. The Labute approximate surface area is 65.9 Å². The summed E-state index contributed by atoms with van der Waals surface area (Å²) < 4.78 is 12.1. The Balaban J connectivity index is 2.69. The Morgan fingerprint density at radius 3 is 2.78 bits per heavy atom. The molecule has 1 aromatic heterocycles. The molecule has 0 aliphatic heterocycles. The molecule has 0 bridgehead atoms. The molecule has 1 aromatic rings. The number of hydrogen-bond donors (Lipinski definition) is 0. The number of ether oxygens (including phenoxy) is 1. The van der Waals surface area contributed by atoms with Gasteiger partial charge in [0, 0.05) is 0 Å². The van der Waals surface area contributed by atoms with Crippen molar-refractivity contribution in [2.75, 3.05) is 6.07 Å². The molecule has 0 saturated carbocycles. The molecule has 0 aliphatic rings. The third-order valence-corrected chi connectivity index (χ3v) is 1.58. The van der Waals surface area contributed by atoms with Crippen molar-refractivity contribution < 1.29 is 4.74 Å². The van der Waals surface area contributed by atoms with E-state index >= 15 is 0 Å². The van der Waals surface area contributed by atoms with E-state index in [9.17, 15) is 0 Å². The second-order valence-corrected chi connectivity index (χ2v) is 2.22. The van der Waals surface area contributed by atoms with Gasteiger partial charge in [0.1, 0.15) is 0 Å². The van der Waals surface area contributed by atoms with Crippen LogP contribution < -0.4 is 4.74 Å². The Hall–Kier alpha value is -0.0600. The Kier molecular flexibility index (Phi) is 2.50. The lowest BCUT2D eigenvalue weighted by molar-refractivity contribution is 0.376. The quantitative estimate of drug-likeness (QED) is 0.658. The smallest absolute Gasteiger partial charge is 0.266 e. The van der Waals surface area contributed by atoms with E-state index < -0.39 is 0 Å². The molecule has 0 aromatic carbocycles. The van der Waals surface area contributed by atoms with Crippen molar-refractivity contribution >= 4 is 34.9 Å². The molecule has 0 radical (unpaired) electrons. The van der Waals surface area contributed by atoms with E-state index in [1.54, 1.807) is 0 Å². The fraction of sp³-hybridized carbons (Fsp3) is 0.333. The lowest BCUT2D eigenvalue weighted by atomic mass is 10.8. The molecule has 9 heavy (non-hydrogen) atoms. The molecule has 0 atom stereocenters. The van der Waals surface area contributed by atoms with E-state index in [-0.39, 0.29) is 11.2 Å². The van der Waals surface area contributed by atoms with E-state index in [1.807, 2.05) is 0 Å². The minimum absolute atomic E-state index is 0.0468. The molecule has 0 spiro atoms. The molecule has 3 nitrogen and oxygen atoms in total. The molecular formula is C3H2Cl2N2OS. The minimum Gasteiger partial charge on any atom is -0.458 e. The summed E-state index contributed by atoms with van der Waals surface area (Å²) in [7, 11) is 0. The van der Waals surface area contributed by atoms with Crippen molar-refractivity contribution in [3.8, 4) is 5.88 Å². The van der Waals surface area contributed by atoms with E-state index in [4.69, 9.17) is 27.9 Å². The molecule has 0 N–H and O–H groups in total. The topological polar surface area (TPSA) is 35.0 Å². The van der Waals surface area contributed by atoms with E-state index in [0.717, 1.165) is 11.7 Å². The summed E-state index contributed by atoms with van der Waals surface area (Å²) in [6.45, 7) is 0. The van der Waals surface area contributed by atoms with Crippen LogP contribution in [-0.2, 0) is 0 Å². The Bertz CT molecular complexity index is 192. The SMILES string of the molecule is ClCOc1nsnc1Cl. The van der Waals surface area contributed by atoms with Crippen LogP contribution in [0.2, 0.25) is 5.15 Å². The third-order valence-electron chi connectivity index (χ3n) is 0.612. The number of hydrogen-bond acceptors (Lipinski definition) is 4. The first-order valence-corrected chi connectivity index (χ1v) is 3.65. The second kappa shape index (κ2) is 3.20. The average molecular weight is 185 g/mol. The second-order valence-electron chi connectivity index (χ2n) is 1.11. The first-order valence-electron chi connectivity index (χ1n) is 2.01. The highest BCUT2D eigenvalue weighted by Crippen LogP contribution is 2.20. The van der Waals surface area contributed by atoms with Crippen molar-refractivity contribution in [3.05, 3.63) is 5.15 Å². The lowest BCUT2D eigenvalue weighted by Crippen LogP contribution is -1.88. The van der Waals surface area contributed by atoms with Gasteiger partial charge in [-0.3, -0.25) is 0 Å². The van der Waals surface area contributed by atoms with Crippen LogP contribution in [0.5, 0.6) is 5.88 Å². The molecule has 0 saturated heterocycles. The highest BCUT2D eigenvalue weighted by molar-refractivity contribution is 6.99. The van der Waals surface area contributed by atoms with Crippen LogP contribution in [0.3, 0.4) is 0 Å². The number of nitrogens with zero attached hydrogens (tertiary/aromatic N) is 2. The maximum atomic E-state index is 5.47. The van der Waals surface area contributed by atoms with E-state index in [2.05, 4.69) is 8.75 Å². The molecule has 0 fully saturated rings. The van der Waals surface area contributed by atoms with Gasteiger partial charge in [0.2, 0.25) is 5.15 Å². The third kappa shape index (κ3) is 1.67. The van der Waals surface area contributed by atoms with Crippen molar-refractivity contribution in [1.29, 1.82) is 0 Å². The summed E-state index contributed by atoms with van der Waals surface area (Å²) in [5.41, 5.74) is 0. The predicted octanol–water partition coefficient (Wildman–Crippen LogP) is 1.77. The standard InChI is InChI=1S/C3H2Cl2N2OS/c4-1-8-3-2(5)6-9-7-3/h1H2. The molecule has 1 rings (SSSR count). The molecule has 1 heterocycles. The van der Waals surface area contributed by atoms with Gasteiger partial charge >= 0.3 is 0 Å². The molecule has 6 heteroatoms. The van der Waals surface area contributed by atoms with Crippen LogP contribution in [0.4, 0.5) is 0 Å². The number of alkyl halides is 1. The fourth-order valence-electron chi connectivity index (χ4n) is 0.308. The Morgan fingerprint density at radius 2 is 2.33 bits per heavy atom. The number of halogens is 2. The summed E-state index contributed by atoms with van der Waals surface area (Å²) in [4.78, 5) is 0. The Morgan fingerprint density at radius 1 is 1.56 bits per heavy atom. The van der Waals surface area contributed by atoms with Gasteiger partial charge in [-0.25, -0.2) is 0 Å². The summed E-state index contributed by atoms with van der Waals surface area (Å²) >= 11 is 11.7. The van der Waals surface area contributed by atoms with Crippen molar-refractivity contribution in [1.82, 2.24) is 8.75 Å². The maximum absolute atomic E-state index is 5.47. The zero-order valence-corrected chi connectivity index (χ0v) is 6.50. The number of rotatable bonds is 2. The molecule has 50 valence electrons. The van der Waals surface area contributed by atoms with Gasteiger partial charge < -0.3 is 4.74 Å². The maximum Gasteiger partial charge on any atom is 0.266 e. The lowest BCUT2D eigenvalue weighted by Gasteiger charge is -1.91. The van der Waals surface area contributed by atoms with Crippen LogP contribution in [0.15, 0.2) is 0 Å². The largest absolute Gasteiger partial charge is 0.458 e. The molecule has 0 unspecified atom stereocenters. The molecular weight excluding hydrogens is 183 g/mol. The number of aromatic nitrogens is 2. The van der Waals surface area contributed by atoms with Gasteiger partial charge in [0.25, 0.3) is 5.88 Å². The van der Waals surface area contributed by atoms with Crippen LogP contribution in [0, 0.1) is 0 Å². The zero-order valence-electron chi connectivity index (χ0n) is 4.17. The van der Waals surface area contributed by atoms with Gasteiger partial charge in [0.15, 0.2) is 6.07 Å². The molecule has 0 aliphatic carbocycles. The summed E-state index contributed by atoms with van der Waals surface area (Å²) in [5, 5.41) is 0.264. The van der Waals surface area contributed by atoms with Crippen molar-refractivity contribution in [3.63, 3.8) is 0 Å². The van der Waals surface area contributed by atoms with Crippen LogP contribution in [0.25, 0.3) is 0 Å². The van der Waals surface area contributed by atoms with Crippen LogP contribution in [-0.4, -0.2) is 14.8 Å². The first-order chi connectivity index (χ1) is 4.34. The fourth-order valence-corrected chi connectivity index (χ4v) is 1.05. The van der Waals surface area contributed by atoms with Gasteiger partial charge in [-0.05, 0) is 0 Å². The monoisotopic (exact) mass is 184 g/mol. The van der Waals surface area contributed by atoms with Gasteiger partial charge in [-0.15, -0.1) is 4.37 Å². The molecule has 0 amide bonds. The predicted molar refractivity (Wildman–Crippen MR) is 36.3 cm³/mol. The van der Waals surface area contributed by atoms with E-state index in [0.29, 0.717) is 5.88 Å². The average Bonchev–Trinajstić information content (AvgIpc) is 2.18. The normalized spacial score (nSPS) is 9.56. The summed E-state index contributed by atoms with van der Waals surface area (Å²) in [6, 6.07) is 0.0468. The van der Waals surface area contributed by atoms with Gasteiger partial charge in [-0.2, -0.15) is 4.37 Å². The highest BCUT2D eigenvalue weighted by Gasteiger charge is 2.03. The van der Waals surface area contributed by atoms with Crippen LogP contribution in [0.1, 0.15) is 0 Å². The van der Waals surface area contributed by atoms with Gasteiger partial charge in [-0.1, -0.05) is 23.2 Å². The highest BCUT2D eigenvalue weighted by atomic mass is 35.5. The summed E-state index contributed by atoms with van der Waals surface area (Å²) in [5.74, 6) is 0.302. The van der Waals surface area contributed by atoms with Gasteiger partial charge in [0.05, 0.1) is 11.7 Å². The minimum atomic E-state index is 0.0468.